The highest BCUT2D eigenvalue weighted by molar-refractivity contribution is 7.92. The summed E-state index contributed by atoms with van der Waals surface area (Å²) in [5.74, 6) is -0.292. The van der Waals surface area contributed by atoms with Gasteiger partial charge in [-0.1, -0.05) is 92.9 Å². The van der Waals surface area contributed by atoms with E-state index in [2.05, 4.69) is 12.2 Å². The van der Waals surface area contributed by atoms with Crippen LogP contribution in [0.2, 0.25) is 0 Å². The number of carbonyl (C=O) groups is 2. The Bertz CT molecular complexity index is 1470. The lowest BCUT2D eigenvalue weighted by molar-refractivity contribution is -0.141. The number of nitrogens with zero attached hydrogens (tertiary/aromatic N) is 2. The Kier molecular flexibility index (Phi) is 12.0. The molecule has 8 heteroatoms. The predicted molar refractivity (Wildman–Crippen MR) is 178 cm³/mol. The van der Waals surface area contributed by atoms with E-state index in [4.69, 9.17) is 0 Å². The molecule has 1 aliphatic rings. The largest absolute Gasteiger partial charge is 0.352 e. The highest BCUT2D eigenvalue weighted by Gasteiger charge is 2.32. The van der Waals surface area contributed by atoms with Crippen LogP contribution in [0, 0.1) is 6.92 Å². The zero-order chi connectivity index (χ0) is 31.5. The molecule has 4 rings (SSSR count). The normalized spacial score (nSPS) is 14.5. The van der Waals surface area contributed by atoms with Crippen molar-refractivity contribution in [2.75, 3.05) is 17.1 Å². The third-order valence-electron chi connectivity index (χ3n) is 8.61. The SMILES string of the molecule is CCc1ccc(N(CCCC(=O)N(Cc2ccccc2C)[C@@H](Cc2ccccc2)C(=O)NC2CCCCC2)S(C)(=O)=O)cc1. The van der Waals surface area contributed by atoms with Crippen LogP contribution in [0.1, 0.15) is 74.1 Å². The van der Waals surface area contributed by atoms with Crippen LogP contribution in [-0.4, -0.2) is 50.0 Å². The molecule has 0 heterocycles. The highest BCUT2D eigenvalue weighted by Crippen LogP contribution is 2.23. The van der Waals surface area contributed by atoms with E-state index < -0.39 is 16.1 Å². The molecule has 0 radical (unpaired) electrons. The first-order valence-electron chi connectivity index (χ1n) is 15.9. The fourth-order valence-corrected chi connectivity index (χ4v) is 6.94. The number of hydrogen-bond donors (Lipinski definition) is 1. The molecule has 2 amide bonds. The highest BCUT2D eigenvalue weighted by atomic mass is 32.2. The maximum absolute atomic E-state index is 14.1. The van der Waals surface area contributed by atoms with Gasteiger partial charge in [-0.05, 0) is 67.0 Å². The van der Waals surface area contributed by atoms with Crippen molar-refractivity contribution in [3.8, 4) is 0 Å². The first kappa shape index (κ1) is 33.2. The quantitative estimate of drug-likeness (QED) is 0.234. The van der Waals surface area contributed by atoms with E-state index in [9.17, 15) is 18.0 Å². The average molecular weight is 618 g/mol. The summed E-state index contributed by atoms with van der Waals surface area (Å²) in [5, 5.41) is 3.28. The minimum atomic E-state index is -3.55. The van der Waals surface area contributed by atoms with Gasteiger partial charge in [-0.3, -0.25) is 13.9 Å². The number of anilines is 1. The van der Waals surface area contributed by atoms with Crippen molar-refractivity contribution in [1.82, 2.24) is 10.2 Å². The van der Waals surface area contributed by atoms with Gasteiger partial charge in [-0.15, -0.1) is 0 Å². The van der Waals surface area contributed by atoms with E-state index in [1.807, 2.05) is 85.8 Å². The molecular formula is C36H47N3O4S. The van der Waals surface area contributed by atoms with Crippen molar-refractivity contribution in [3.05, 3.63) is 101 Å². The molecule has 1 aliphatic carbocycles. The number of nitrogens with one attached hydrogen (secondary N) is 1. The second-order valence-corrected chi connectivity index (χ2v) is 13.9. The molecule has 3 aromatic carbocycles. The van der Waals surface area contributed by atoms with Crippen molar-refractivity contribution in [3.63, 3.8) is 0 Å². The first-order valence-corrected chi connectivity index (χ1v) is 17.8. The maximum Gasteiger partial charge on any atom is 0.243 e. The van der Waals surface area contributed by atoms with Gasteiger partial charge in [0.2, 0.25) is 21.8 Å². The standard InChI is InChI=1S/C36H47N3O4S/c1-4-29-21-23-33(24-22-29)39(44(3,42)43)25-13-20-35(40)38(27-31-17-12-11-14-28(31)2)34(26-30-15-7-5-8-16-30)36(41)37-32-18-9-6-10-19-32/h5,7-8,11-12,14-17,21-24,32,34H,4,6,9-10,13,18-20,25-27H2,1-3H3,(H,37,41)/t34-/m0/s1. The molecule has 1 N–H and O–H groups in total. The summed E-state index contributed by atoms with van der Waals surface area (Å²) in [6, 6.07) is 24.7. The van der Waals surface area contributed by atoms with E-state index >= 15 is 0 Å². The van der Waals surface area contributed by atoms with Gasteiger partial charge in [0.05, 0.1) is 11.9 Å². The number of aryl methyl sites for hydroxylation is 2. The van der Waals surface area contributed by atoms with Crippen LogP contribution in [0.3, 0.4) is 0 Å². The Morgan fingerprint density at radius 2 is 1.55 bits per heavy atom. The molecule has 0 bridgehead atoms. The fourth-order valence-electron chi connectivity index (χ4n) is 5.97. The first-order chi connectivity index (χ1) is 21.2. The van der Waals surface area contributed by atoms with Crippen LogP contribution in [0.4, 0.5) is 5.69 Å². The molecule has 1 fully saturated rings. The number of amides is 2. The zero-order valence-corrected chi connectivity index (χ0v) is 27.2. The van der Waals surface area contributed by atoms with Gasteiger partial charge in [-0.2, -0.15) is 0 Å². The van der Waals surface area contributed by atoms with E-state index in [-0.39, 0.29) is 30.8 Å². The van der Waals surface area contributed by atoms with Gasteiger partial charge >= 0.3 is 0 Å². The van der Waals surface area contributed by atoms with Gasteiger partial charge in [-0.25, -0.2) is 8.42 Å². The second-order valence-electron chi connectivity index (χ2n) is 12.0. The molecule has 44 heavy (non-hydrogen) atoms. The summed E-state index contributed by atoms with van der Waals surface area (Å²) >= 11 is 0. The number of carbonyl (C=O) groups excluding carboxylic acids is 2. The van der Waals surface area contributed by atoms with Crippen LogP contribution >= 0.6 is 0 Å². The van der Waals surface area contributed by atoms with Crippen LogP contribution in [-0.2, 0) is 39.0 Å². The molecule has 0 unspecified atom stereocenters. The fraction of sp³-hybridized carbons (Fsp3) is 0.444. The van der Waals surface area contributed by atoms with Gasteiger partial charge in [0.15, 0.2) is 0 Å². The van der Waals surface area contributed by atoms with Crippen molar-refractivity contribution in [2.24, 2.45) is 0 Å². The van der Waals surface area contributed by atoms with Gasteiger partial charge in [0.1, 0.15) is 6.04 Å². The number of hydrogen-bond acceptors (Lipinski definition) is 4. The monoisotopic (exact) mass is 617 g/mol. The number of sulfonamides is 1. The van der Waals surface area contributed by atoms with E-state index in [1.165, 1.54) is 17.0 Å². The molecule has 236 valence electrons. The minimum Gasteiger partial charge on any atom is -0.352 e. The lowest BCUT2D eigenvalue weighted by Gasteiger charge is -2.34. The third-order valence-corrected chi connectivity index (χ3v) is 9.80. The van der Waals surface area contributed by atoms with Gasteiger partial charge in [0.25, 0.3) is 0 Å². The number of benzene rings is 3. The minimum absolute atomic E-state index is 0.118. The summed E-state index contributed by atoms with van der Waals surface area (Å²) in [6.07, 6.45) is 8.19. The molecule has 1 atom stereocenters. The lowest BCUT2D eigenvalue weighted by Crippen LogP contribution is -2.53. The van der Waals surface area contributed by atoms with Crippen molar-refractivity contribution >= 4 is 27.5 Å². The molecule has 1 saturated carbocycles. The van der Waals surface area contributed by atoms with Crippen LogP contribution < -0.4 is 9.62 Å². The molecular weight excluding hydrogens is 570 g/mol. The molecule has 0 spiro atoms. The molecule has 0 aliphatic heterocycles. The summed E-state index contributed by atoms with van der Waals surface area (Å²) in [6.45, 7) is 4.54. The molecule has 7 nitrogen and oxygen atoms in total. The molecule has 0 aromatic heterocycles. The van der Waals surface area contributed by atoms with Crippen LogP contribution in [0.25, 0.3) is 0 Å². The Balaban J connectivity index is 1.58. The van der Waals surface area contributed by atoms with Crippen LogP contribution in [0.5, 0.6) is 0 Å². The predicted octanol–water partition coefficient (Wildman–Crippen LogP) is 6.19. The van der Waals surface area contributed by atoms with E-state index in [1.54, 1.807) is 4.90 Å². The average Bonchev–Trinajstić information content (AvgIpc) is 3.02. The Hall–Kier alpha value is -3.65. The number of rotatable bonds is 14. The van der Waals surface area contributed by atoms with E-state index in [0.29, 0.717) is 25.1 Å². The summed E-state index contributed by atoms with van der Waals surface area (Å²) < 4.78 is 26.8. The Labute approximate surface area is 263 Å². The maximum atomic E-state index is 14.1. The van der Waals surface area contributed by atoms with E-state index in [0.717, 1.165) is 54.4 Å². The summed E-state index contributed by atoms with van der Waals surface area (Å²) in [4.78, 5) is 29.8. The smallest absolute Gasteiger partial charge is 0.243 e. The lowest BCUT2D eigenvalue weighted by atomic mass is 9.94. The van der Waals surface area contributed by atoms with Crippen molar-refractivity contribution in [2.45, 2.75) is 90.3 Å². The summed E-state index contributed by atoms with van der Waals surface area (Å²) in [7, 11) is -3.55. The molecule has 3 aromatic rings. The van der Waals surface area contributed by atoms with Gasteiger partial charge in [0, 0.05) is 32.0 Å². The van der Waals surface area contributed by atoms with Gasteiger partial charge < -0.3 is 10.2 Å². The van der Waals surface area contributed by atoms with Crippen LogP contribution in [0.15, 0.2) is 78.9 Å². The topological polar surface area (TPSA) is 86.8 Å². The Morgan fingerprint density at radius 1 is 0.886 bits per heavy atom. The van der Waals surface area contributed by atoms with Crippen molar-refractivity contribution < 1.29 is 18.0 Å². The van der Waals surface area contributed by atoms with Crippen molar-refractivity contribution in [1.29, 1.82) is 0 Å². The molecule has 0 saturated heterocycles. The Morgan fingerprint density at radius 3 is 2.18 bits per heavy atom. The second kappa shape index (κ2) is 15.9. The third kappa shape index (κ3) is 9.42. The summed E-state index contributed by atoms with van der Waals surface area (Å²) in [5.41, 5.74) is 4.73. The zero-order valence-electron chi connectivity index (χ0n) is 26.4.